The van der Waals surface area contributed by atoms with E-state index in [9.17, 15) is 26.4 Å². The first kappa shape index (κ1) is 37.6. The van der Waals surface area contributed by atoms with Gasteiger partial charge in [0.15, 0.2) is 0 Å². The van der Waals surface area contributed by atoms with Gasteiger partial charge in [-0.25, -0.2) is 8.42 Å². The van der Waals surface area contributed by atoms with Gasteiger partial charge in [-0.15, -0.1) is 13.2 Å². The van der Waals surface area contributed by atoms with E-state index in [1.807, 2.05) is 27.7 Å². The fourth-order valence-electron chi connectivity index (χ4n) is 2.82. The van der Waals surface area contributed by atoms with E-state index in [2.05, 4.69) is 44.6 Å². The Balaban J connectivity index is 0.00000210. The van der Waals surface area contributed by atoms with E-state index in [-0.39, 0.29) is 16.1 Å². The molecule has 0 aromatic heterocycles. The van der Waals surface area contributed by atoms with Crippen LogP contribution in [-0.2, 0) is 10.0 Å². The topological polar surface area (TPSA) is 120 Å². The SMILES string of the molecule is CC.CC.CCC.COc1cc(N)ccc1NC(=O)c1cc(Br)ccc1NS(=O)(=O)c1ccc(OC(F)(F)F)cc1. The number of hydrogen-bond acceptors (Lipinski definition) is 6. The van der Waals surface area contributed by atoms with Crippen LogP contribution >= 0.6 is 15.9 Å². The maximum atomic E-state index is 13.0. The van der Waals surface area contributed by atoms with Crippen molar-refractivity contribution in [3.8, 4) is 11.5 Å². The van der Waals surface area contributed by atoms with Gasteiger partial charge in [0.25, 0.3) is 15.9 Å². The lowest BCUT2D eigenvalue weighted by Crippen LogP contribution is -2.19. The van der Waals surface area contributed by atoms with Gasteiger partial charge in [0.2, 0.25) is 0 Å². The highest BCUT2D eigenvalue weighted by molar-refractivity contribution is 9.10. The molecule has 0 atom stereocenters. The predicted octanol–water partition coefficient (Wildman–Crippen LogP) is 8.46. The van der Waals surface area contributed by atoms with E-state index in [0.717, 1.165) is 24.3 Å². The first-order valence-electron chi connectivity index (χ1n) is 12.7. The second-order valence-electron chi connectivity index (χ2n) is 7.44. The molecule has 0 saturated carbocycles. The second kappa shape index (κ2) is 18.1. The third-order valence-electron chi connectivity index (χ3n) is 4.31. The van der Waals surface area contributed by atoms with Crippen LogP contribution in [0.25, 0.3) is 0 Å². The largest absolute Gasteiger partial charge is 0.573 e. The Kier molecular flexibility index (Phi) is 16.6. The minimum Gasteiger partial charge on any atom is -0.494 e. The van der Waals surface area contributed by atoms with Gasteiger partial charge in [0, 0.05) is 16.2 Å². The van der Waals surface area contributed by atoms with E-state index in [4.69, 9.17) is 10.5 Å². The maximum Gasteiger partial charge on any atom is 0.573 e. The van der Waals surface area contributed by atoms with Gasteiger partial charge in [-0.05, 0) is 54.6 Å². The standard InChI is InChI=1S/C21H17BrF3N3O5S.C3H8.2C2H6/c1-32-19-11-13(26)3-9-18(19)27-20(29)16-10-12(22)2-8-17(16)28-34(30,31)15-6-4-14(5-7-15)33-21(23,24)25;1-3-2;2*1-2/h2-11,28H,26H2,1H3,(H,27,29);3H2,1-2H3;2*1-2H3. The van der Waals surface area contributed by atoms with E-state index in [0.29, 0.717) is 21.6 Å². The normalized spacial score (nSPS) is 10.3. The number of halogens is 4. The lowest BCUT2D eigenvalue weighted by molar-refractivity contribution is -0.274. The minimum absolute atomic E-state index is 0.0335. The van der Waals surface area contributed by atoms with Gasteiger partial charge in [-0.1, -0.05) is 63.9 Å². The number of nitrogens with two attached hydrogens (primary N) is 1. The fraction of sp³-hybridized carbons (Fsp3) is 0.321. The molecule has 0 heterocycles. The summed E-state index contributed by atoms with van der Waals surface area (Å²) in [7, 11) is -2.86. The van der Waals surface area contributed by atoms with Crippen molar-refractivity contribution in [2.75, 3.05) is 22.9 Å². The molecular formula is C28H37BrF3N3O5S. The fourth-order valence-corrected chi connectivity index (χ4v) is 4.26. The zero-order valence-electron chi connectivity index (χ0n) is 24.0. The molecule has 0 aliphatic rings. The molecular weight excluding hydrogens is 627 g/mol. The number of sulfonamides is 1. The smallest absolute Gasteiger partial charge is 0.494 e. The highest BCUT2D eigenvalue weighted by atomic mass is 79.9. The molecule has 228 valence electrons. The second-order valence-corrected chi connectivity index (χ2v) is 10.0. The van der Waals surface area contributed by atoms with Crippen LogP contribution in [0.1, 0.15) is 58.3 Å². The third-order valence-corrected chi connectivity index (χ3v) is 6.19. The van der Waals surface area contributed by atoms with E-state index < -0.39 is 28.0 Å². The Morgan fingerprint density at radius 1 is 0.927 bits per heavy atom. The highest BCUT2D eigenvalue weighted by Crippen LogP contribution is 2.30. The van der Waals surface area contributed by atoms with Crippen molar-refractivity contribution in [1.29, 1.82) is 0 Å². The van der Waals surface area contributed by atoms with Crippen LogP contribution in [0.2, 0.25) is 0 Å². The molecule has 3 aromatic rings. The summed E-state index contributed by atoms with van der Waals surface area (Å²) in [5.74, 6) is -0.935. The molecule has 3 aromatic carbocycles. The molecule has 13 heteroatoms. The van der Waals surface area contributed by atoms with Crippen molar-refractivity contribution < 1.29 is 35.9 Å². The third kappa shape index (κ3) is 12.7. The molecule has 0 radical (unpaired) electrons. The van der Waals surface area contributed by atoms with Gasteiger partial charge in [-0.2, -0.15) is 0 Å². The number of methoxy groups -OCH3 is 1. The number of nitrogens with one attached hydrogen (secondary N) is 2. The van der Waals surface area contributed by atoms with Crippen molar-refractivity contribution in [3.63, 3.8) is 0 Å². The summed E-state index contributed by atoms with van der Waals surface area (Å²) in [6.45, 7) is 12.2. The molecule has 4 N–H and O–H groups in total. The Bertz CT molecular complexity index is 1340. The molecule has 0 saturated heterocycles. The van der Waals surface area contributed by atoms with E-state index in [1.54, 1.807) is 6.07 Å². The number of carbonyl (C=O) groups excluding carboxylic acids is 1. The van der Waals surface area contributed by atoms with Crippen LogP contribution in [0.15, 0.2) is 70.0 Å². The average Bonchev–Trinajstić information content (AvgIpc) is 2.92. The van der Waals surface area contributed by atoms with Gasteiger partial charge in [-0.3, -0.25) is 9.52 Å². The van der Waals surface area contributed by atoms with Gasteiger partial charge < -0.3 is 20.5 Å². The number of carbonyl (C=O) groups is 1. The Morgan fingerprint density at radius 3 is 1.98 bits per heavy atom. The molecule has 1 amide bonds. The lowest BCUT2D eigenvalue weighted by atomic mass is 10.1. The minimum atomic E-state index is -4.91. The Morgan fingerprint density at radius 2 is 1.46 bits per heavy atom. The highest BCUT2D eigenvalue weighted by Gasteiger charge is 2.31. The summed E-state index contributed by atoms with van der Waals surface area (Å²) < 4.78 is 74.3. The van der Waals surface area contributed by atoms with Crippen molar-refractivity contribution in [2.24, 2.45) is 0 Å². The van der Waals surface area contributed by atoms with Crippen LogP contribution in [0.3, 0.4) is 0 Å². The number of anilines is 3. The first-order chi connectivity index (χ1) is 19.3. The maximum absolute atomic E-state index is 13.0. The zero-order chi connectivity index (χ0) is 31.8. The number of hydrogen-bond donors (Lipinski definition) is 3. The Labute approximate surface area is 248 Å². The van der Waals surface area contributed by atoms with Crippen LogP contribution in [0.4, 0.5) is 30.2 Å². The van der Waals surface area contributed by atoms with E-state index in [1.165, 1.54) is 43.9 Å². The number of alkyl halides is 3. The molecule has 3 rings (SSSR count). The number of rotatable bonds is 7. The summed E-state index contributed by atoms with van der Waals surface area (Å²) in [4.78, 5) is 12.6. The molecule has 0 unspecified atom stereocenters. The predicted molar refractivity (Wildman–Crippen MR) is 162 cm³/mol. The quantitative estimate of drug-likeness (QED) is 0.218. The number of nitrogen functional groups attached to an aromatic ring is 1. The molecule has 0 aliphatic carbocycles. The monoisotopic (exact) mass is 663 g/mol. The van der Waals surface area contributed by atoms with Crippen molar-refractivity contribution in [1.82, 2.24) is 0 Å². The summed E-state index contributed by atoms with van der Waals surface area (Å²) in [5.41, 5.74) is 6.33. The number of amides is 1. The van der Waals surface area contributed by atoms with Crippen molar-refractivity contribution in [2.45, 2.75) is 59.2 Å². The number of ether oxygens (including phenoxy) is 2. The number of benzene rings is 3. The van der Waals surface area contributed by atoms with Gasteiger partial charge in [0.05, 0.1) is 28.9 Å². The summed E-state index contributed by atoms with van der Waals surface area (Å²) in [5, 5.41) is 2.63. The lowest BCUT2D eigenvalue weighted by Gasteiger charge is -2.15. The van der Waals surface area contributed by atoms with Crippen molar-refractivity contribution >= 4 is 48.9 Å². The zero-order valence-corrected chi connectivity index (χ0v) is 26.4. The summed E-state index contributed by atoms with van der Waals surface area (Å²) >= 11 is 3.24. The average molecular weight is 665 g/mol. The Hall–Kier alpha value is -3.45. The van der Waals surface area contributed by atoms with E-state index >= 15 is 0 Å². The summed E-state index contributed by atoms with van der Waals surface area (Å²) in [6.07, 6.45) is -3.66. The van der Waals surface area contributed by atoms with Crippen LogP contribution < -0.4 is 25.2 Å². The molecule has 41 heavy (non-hydrogen) atoms. The van der Waals surface area contributed by atoms with Gasteiger partial charge >= 0.3 is 6.36 Å². The first-order valence-corrected chi connectivity index (χ1v) is 15.0. The van der Waals surface area contributed by atoms with Crippen LogP contribution in [-0.4, -0.2) is 27.8 Å². The molecule has 0 fully saturated rings. The van der Waals surface area contributed by atoms with Crippen molar-refractivity contribution in [3.05, 3.63) is 70.7 Å². The van der Waals surface area contributed by atoms with Crippen LogP contribution in [0.5, 0.6) is 11.5 Å². The summed E-state index contributed by atoms with van der Waals surface area (Å²) in [6, 6.07) is 12.5. The molecule has 8 nitrogen and oxygen atoms in total. The molecule has 0 bridgehead atoms. The van der Waals surface area contributed by atoms with Gasteiger partial charge in [0.1, 0.15) is 11.5 Å². The van der Waals surface area contributed by atoms with Crippen LogP contribution in [0, 0.1) is 0 Å². The molecule has 0 aliphatic heterocycles. The molecule has 0 spiro atoms.